The second-order valence-corrected chi connectivity index (χ2v) is 5.39. The van der Waals surface area contributed by atoms with Crippen molar-refractivity contribution < 1.29 is 19.7 Å². The van der Waals surface area contributed by atoms with Gasteiger partial charge in [0.25, 0.3) is 0 Å². The summed E-state index contributed by atoms with van der Waals surface area (Å²) in [5.41, 5.74) is 0.696. The Morgan fingerprint density at radius 3 is 2.95 bits per heavy atom. The summed E-state index contributed by atoms with van der Waals surface area (Å²) in [4.78, 5) is 15.2. The van der Waals surface area contributed by atoms with E-state index in [1.165, 1.54) is 19.5 Å². The number of aromatic hydroxyl groups is 1. The van der Waals surface area contributed by atoms with E-state index in [2.05, 4.69) is 31.3 Å². The highest BCUT2D eigenvalue weighted by Crippen LogP contribution is 2.39. The van der Waals surface area contributed by atoms with Gasteiger partial charge in [0.1, 0.15) is 18.1 Å². The van der Waals surface area contributed by atoms with Gasteiger partial charge in [-0.3, -0.25) is 0 Å². The summed E-state index contributed by atoms with van der Waals surface area (Å²) in [6, 6.07) is 2.81. The molecule has 8 nitrogen and oxygen atoms in total. The lowest BCUT2D eigenvalue weighted by Crippen LogP contribution is -2.24. The van der Waals surface area contributed by atoms with Gasteiger partial charge in [0.2, 0.25) is 5.95 Å². The lowest BCUT2D eigenvalue weighted by atomic mass is 10.0. The first kappa shape index (κ1) is 14.4. The molecule has 9 heteroatoms. The van der Waals surface area contributed by atoms with E-state index < -0.39 is 12.0 Å². The molecule has 0 fully saturated rings. The van der Waals surface area contributed by atoms with Crippen LogP contribution in [-0.2, 0) is 4.79 Å². The molecule has 0 radical (unpaired) electrons. The van der Waals surface area contributed by atoms with Crippen LogP contribution in [0.1, 0.15) is 11.6 Å². The zero-order chi connectivity index (χ0) is 15.9. The molecule has 0 bridgehead atoms. The highest BCUT2D eigenvalue weighted by atomic mass is 79.9. The molecule has 1 aromatic heterocycles. The number of carbonyl (C=O) groups is 1. The average molecular weight is 367 g/mol. The molecule has 0 unspecified atom stereocenters. The molecular weight excluding hydrogens is 356 g/mol. The number of aliphatic carboxylic acids is 1. The molecule has 1 aliphatic rings. The Labute approximate surface area is 133 Å². The summed E-state index contributed by atoms with van der Waals surface area (Å²) < 4.78 is 7.11. The Kier molecular flexibility index (Phi) is 3.49. The van der Waals surface area contributed by atoms with Gasteiger partial charge in [-0.1, -0.05) is 0 Å². The van der Waals surface area contributed by atoms with Crippen LogP contribution >= 0.6 is 15.9 Å². The highest BCUT2D eigenvalue weighted by Gasteiger charge is 2.26. The number of benzene rings is 1. The van der Waals surface area contributed by atoms with Crippen molar-refractivity contribution in [2.75, 3.05) is 12.4 Å². The molecule has 1 aromatic carbocycles. The van der Waals surface area contributed by atoms with E-state index in [0.717, 1.165) is 0 Å². The molecule has 0 saturated heterocycles. The Hall–Kier alpha value is -2.55. The van der Waals surface area contributed by atoms with Gasteiger partial charge in [-0.25, -0.2) is 9.48 Å². The molecule has 2 heterocycles. The topological polar surface area (TPSA) is 110 Å². The molecule has 0 saturated carbocycles. The van der Waals surface area contributed by atoms with E-state index in [-0.39, 0.29) is 17.2 Å². The van der Waals surface area contributed by atoms with Crippen molar-refractivity contribution in [1.29, 1.82) is 0 Å². The van der Waals surface area contributed by atoms with Crippen molar-refractivity contribution in [3.05, 3.63) is 40.3 Å². The third kappa shape index (κ3) is 2.29. The SMILES string of the molecule is COc1cc([C@@H]2C=C(C(=O)O)Nc3ncnn32)cc(Br)c1O. The quantitative estimate of drug-likeness (QED) is 0.758. The Bertz CT molecular complexity index is 786. The van der Waals surface area contributed by atoms with Gasteiger partial charge in [-0.05, 0) is 39.7 Å². The van der Waals surface area contributed by atoms with Crippen LogP contribution in [-0.4, -0.2) is 38.1 Å². The molecular formula is C13H11BrN4O4. The lowest BCUT2D eigenvalue weighted by Gasteiger charge is -2.23. The number of nitrogens with one attached hydrogen (secondary N) is 1. The molecule has 3 N–H and O–H groups in total. The zero-order valence-corrected chi connectivity index (χ0v) is 12.9. The van der Waals surface area contributed by atoms with Gasteiger partial charge in [0, 0.05) is 0 Å². The first-order chi connectivity index (χ1) is 10.5. The number of methoxy groups -OCH3 is 1. The number of carboxylic acid groups (broad SMARTS) is 1. The number of fused-ring (bicyclic) bond motifs is 1. The third-order valence-electron chi connectivity index (χ3n) is 3.25. The smallest absolute Gasteiger partial charge is 0.352 e. The van der Waals surface area contributed by atoms with E-state index in [0.29, 0.717) is 16.0 Å². The fraction of sp³-hybridized carbons (Fsp3) is 0.154. The number of rotatable bonds is 3. The molecule has 1 aliphatic heterocycles. The lowest BCUT2D eigenvalue weighted by molar-refractivity contribution is -0.132. The minimum Gasteiger partial charge on any atom is -0.503 e. The van der Waals surface area contributed by atoms with Crippen molar-refractivity contribution in [1.82, 2.24) is 14.8 Å². The first-order valence-corrected chi connectivity index (χ1v) is 6.98. The molecule has 3 rings (SSSR count). The largest absolute Gasteiger partial charge is 0.503 e. The standard InChI is InChI=1S/C13H11BrN4O4/c1-22-10-3-6(2-7(14)11(10)19)9-4-8(12(20)21)17-13-15-5-16-18(9)13/h2-5,9,19H,1H3,(H,20,21)(H,15,16,17)/t9-/m0/s1. The number of aromatic nitrogens is 3. The maximum Gasteiger partial charge on any atom is 0.352 e. The van der Waals surface area contributed by atoms with Crippen LogP contribution in [0.3, 0.4) is 0 Å². The molecule has 1 atom stereocenters. The number of hydrogen-bond donors (Lipinski definition) is 3. The number of phenols is 1. The monoisotopic (exact) mass is 366 g/mol. The second kappa shape index (κ2) is 5.34. The summed E-state index contributed by atoms with van der Waals surface area (Å²) in [5, 5.41) is 25.9. The van der Waals surface area contributed by atoms with Gasteiger partial charge >= 0.3 is 5.97 Å². The number of allylic oxidation sites excluding steroid dienone is 1. The van der Waals surface area contributed by atoms with Crippen LogP contribution in [0.25, 0.3) is 0 Å². The van der Waals surface area contributed by atoms with E-state index in [1.54, 1.807) is 16.8 Å². The Morgan fingerprint density at radius 2 is 2.27 bits per heavy atom. The molecule has 0 spiro atoms. The normalized spacial score (nSPS) is 16.5. The maximum absolute atomic E-state index is 11.2. The molecule has 0 amide bonds. The van der Waals surface area contributed by atoms with E-state index >= 15 is 0 Å². The van der Waals surface area contributed by atoms with Crippen LogP contribution in [0.5, 0.6) is 11.5 Å². The average Bonchev–Trinajstić information content (AvgIpc) is 2.97. The number of halogens is 1. The minimum absolute atomic E-state index is 0.00802. The summed E-state index contributed by atoms with van der Waals surface area (Å²) in [6.45, 7) is 0. The maximum atomic E-state index is 11.2. The fourth-order valence-corrected chi connectivity index (χ4v) is 2.68. The Morgan fingerprint density at radius 1 is 1.50 bits per heavy atom. The van der Waals surface area contributed by atoms with E-state index in [1.807, 2.05) is 0 Å². The molecule has 114 valence electrons. The van der Waals surface area contributed by atoms with Crippen LogP contribution in [0.4, 0.5) is 5.95 Å². The first-order valence-electron chi connectivity index (χ1n) is 6.19. The third-order valence-corrected chi connectivity index (χ3v) is 3.85. The van der Waals surface area contributed by atoms with Crippen molar-refractivity contribution in [2.45, 2.75) is 6.04 Å². The number of hydrogen-bond acceptors (Lipinski definition) is 6. The van der Waals surface area contributed by atoms with Gasteiger partial charge in [-0.15, -0.1) is 0 Å². The zero-order valence-electron chi connectivity index (χ0n) is 11.3. The van der Waals surface area contributed by atoms with E-state index in [9.17, 15) is 15.0 Å². The number of carboxylic acids is 1. The second-order valence-electron chi connectivity index (χ2n) is 4.54. The molecule has 22 heavy (non-hydrogen) atoms. The summed E-state index contributed by atoms with van der Waals surface area (Å²) in [6.07, 6.45) is 2.85. The number of anilines is 1. The molecule has 0 aliphatic carbocycles. The predicted octanol–water partition coefficient (Wildman–Crippen LogP) is 1.74. The van der Waals surface area contributed by atoms with Crippen molar-refractivity contribution in [3.63, 3.8) is 0 Å². The van der Waals surface area contributed by atoms with Gasteiger partial charge in [-0.2, -0.15) is 10.1 Å². The van der Waals surface area contributed by atoms with Gasteiger partial charge in [0.05, 0.1) is 11.6 Å². The van der Waals surface area contributed by atoms with Gasteiger partial charge in [0.15, 0.2) is 11.5 Å². The van der Waals surface area contributed by atoms with Gasteiger partial charge < -0.3 is 20.3 Å². The molecule has 2 aromatic rings. The number of nitrogens with zero attached hydrogens (tertiary/aromatic N) is 3. The highest BCUT2D eigenvalue weighted by molar-refractivity contribution is 9.10. The van der Waals surface area contributed by atoms with Crippen LogP contribution in [0, 0.1) is 0 Å². The van der Waals surface area contributed by atoms with Crippen LogP contribution in [0.15, 0.2) is 34.7 Å². The van der Waals surface area contributed by atoms with Crippen LogP contribution < -0.4 is 10.1 Å². The van der Waals surface area contributed by atoms with Crippen LogP contribution in [0.2, 0.25) is 0 Å². The summed E-state index contributed by atoms with van der Waals surface area (Å²) >= 11 is 3.25. The summed E-state index contributed by atoms with van der Waals surface area (Å²) in [7, 11) is 1.44. The van der Waals surface area contributed by atoms with Crippen molar-refractivity contribution >= 4 is 27.8 Å². The van der Waals surface area contributed by atoms with E-state index in [4.69, 9.17) is 4.74 Å². The predicted molar refractivity (Wildman–Crippen MR) is 79.9 cm³/mol. The Balaban J connectivity index is 2.15. The fourth-order valence-electron chi connectivity index (χ4n) is 2.22. The number of phenolic OH excluding ortho intramolecular Hbond substituents is 1. The minimum atomic E-state index is -1.09. The van der Waals surface area contributed by atoms with Crippen molar-refractivity contribution in [3.8, 4) is 11.5 Å². The van der Waals surface area contributed by atoms with Crippen molar-refractivity contribution in [2.24, 2.45) is 0 Å². The number of ether oxygens (including phenoxy) is 1. The summed E-state index contributed by atoms with van der Waals surface area (Å²) in [5.74, 6) is -0.520.